The Bertz CT molecular complexity index is 620. The van der Waals surface area contributed by atoms with Gasteiger partial charge in [-0.15, -0.1) is 0 Å². The van der Waals surface area contributed by atoms with Crippen LogP contribution < -0.4 is 5.56 Å². The van der Waals surface area contributed by atoms with Gasteiger partial charge in [0.15, 0.2) is 0 Å². The first-order valence-corrected chi connectivity index (χ1v) is 6.17. The highest BCUT2D eigenvalue weighted by atomic mass is 16.1. The Hall–Kier alpha value is -2.04. The van der Waals surface area contributed by atoms with E-state index in [4.69, 9.17) is 0 Å². The van der Waals surface area contributed by atoms with Crippen molar-refractivity contribution in [3.63, 3.8) is 0 Å². The Morgan fingerprint density at radius 1 is 1.28 bits per heavy atom. The van der Waals surface area contributed by atoms with Gasteiger partial charge in [0.1, 0.15) is 0 Å². The second kappa shape index (κ2) is 4.33. The molecular formula is C13H15N3O2. The van der Waals surface area contributed by atoms with Crippen molar-refractivity contribution in [3.8, 4) is 0 Å². The van der Waals surface area contributed by atoms with E-state index >= 15 is 0 Å². The summed E-state index contributed by atoms with van der Waals surface area (Å²) >= 11 is 0. The molecule has 2 aromatic heterocycles. The lowest BCUT2D eigenvalue weighted by Crippen LogP contribution is -2.33. The van der Waals surface area contributed by atoms with Crippen molar-refractivity contribution >= 4 is 17.4 Å². The molecule has 1 amide bonds. The first-order chi connectivity index (χ1) is 8.78. The molecule has 5 nitrogen and oxygen atoms in total. The number of fused-ring (bicyclic) bond motifs is 1. The summed E-state index contributed by atoms with van der Waals surface area (Å²) in [7, 11) is 0. The Morgan fingerprint density at radius 3 is 2.78 bits per heavy atom. The fraction of sp³-hybridized carbons (Fsp3) is 0.385. The van der Waals surface area contributed by atoms with Gasteiger partial charge in [-0.3, -0.25) is 9.59 Å². The van der Waals surface area contributed by atoms with Crippen LogP contribution in [0.15, 0.2) is 23.1 Å². The number of hydrogen-bond acceptors (Lipinski definition) is 2. The molecule has 0 atom stereocenters. The Morgan fingerprint density at radius 2 is 2.06 bits per heavy atom. The smallest absolute Gasteiger partial charge is 0.252 e. The number of H-pyrrole nitrogens is 2. The summed E-state index contributed by atoms with van der Waals surface area (Å²) in [4.78, 5) is 30.5. The fourth-order valence-electron chi connectivity index (χ4n) is 2.65. The van der Waals surface area contributed by atoms with Crippen LogP contribution in [0, 0.1) is 0 Å². The number of hydrogen-bond donors (Lipinski definition) is 2. The molecule has 2 N–H and O–H groups in total. The number of piperidine rings is 1. The first kappa shape index (κ1) is 11.1. The van der Waals surface area contributed by atoms with Gasteiger partial charge in [-0.25, -0.2) is 0 Å². The van der Waals surface area contributed by atoms with Gasteiger partial charge in [0, 0.05) is 24.8 Å². The summed E-state index contributed by atoms with van der Waals surface area (Å²) in [6, 6.07) is 3.80. The molecule has 1 aliphatic heterocycles. The summed E-state index contributed by atoms with van der Waals surface area (Å²) in [6.07, 6.45) is 4.41. The van der Waals surface area contributed by atoms with Crippen LogP contribution >= 0.6 is 0 Å². The van der Waals surface area contributed by atoms with E-state index in [1.165, 1.54) is 0 Å². The van der Waals surface area contributed by atoms with Crippen LogP contribution in [-0.2, 0) is 4.79 Å². The molecule has 0 bridgehead atoms. The largest absolute Gasteiger partial charge is 0.360 e. The zero-order chi connectivity index (χ0) is 12.5. The molecule has 94 valence electrons. The Kier molecular flexibility index (Phi) is 2.66. The van der Waals surface area contributed by atoms with Crippen molar-refractivity contribution in [2.75, 3.05) is 13.1 Å². The molecule has 0 spiro atoms. The number of carbonyl (C=O) groups excluding carboxylic acids is 1. The van der Waals surface area contributed by atoms with Crippen LogP contribution in [-0.4, -0.2) is 34.4 Å². The SMILES string of the molecule is O=CN1CCC(c2cc3[nH]ccc3[nH]c2=O)CC1. The van der Waals surface area contributed by atoms with Crippen LogP contribution in [0.4, 0.5) is 0 Å². The van der Waals surface area contributed by atoms with Crippen molar-refractivity contribution in [3.05, 3.63) is 34.2 Å². The van der Waals surface area contributed by atoms with Gasteiger partial charge in [0.2, 0.25) is 6.41 Å². The third-order valence-electron chi connectivity index (χ3n) is 3.71. The van der Waals surface area contributed by atoms with E-state index in [2.05, 4.69) is 9.97 Å². The lowest BCUT2D eigenvalue weighted by molar-refractivity contribution is -0.119. The number of rotatable bonds is 2. The van der Waals surface area contributed by atoms with Crippen molar-refractivity contribution in [1.82, 2.24) is 14.9 Å². The van der Waals surface area contributed by atoms with E-state index in [1.807, 2.05) is 18.3 Å². The van der Waals surface area contributed by atoms with Crippen LogP contribution in [0.25, 0.3) is 11.0 Å². The third-order valence-corrected chi connectivity index (χ3v) is 3.71. The summed E-state index contributed by atoms with van der Waals surface area (Å²) in [6.45, 7) is 1.47. The molecule has 18 heavy (non-hydrogen) atoms. The number of carbonyl (C=O) groups is 1. The molecule has 3 rings (SSSR count). The number of likely N-dealkylation sites (tertiary alicyclic amines) is 1. The first-order valence-electron chi connectivity index (χ1n) is 6.17. The molecule has 1 saturated heterocycles. The summed E-state index contributed by atoms with van der Waals surface area (Å²) in [5.41, 5.74) is 2.62. The minimum atomic E-state index is -0.00773. The number of nitrogens with zero attached hydrogens (tertiary/aromatic N) is 1. The zero-order valence-electron chi connectivity index (χ0n) is 9.98. The molecule has 0 saturated carbocycles. The number of aromatic nitrogens is 2. The maximum atomic E-state index is 12.0. The Balaban J connectivity index is 1.92. The molecule has 1 fully saturated rings. The van der Waals surface area contributed by atoms with Crippen LogP contribution in [0.5, 0.6) is 0 Å². The molecule has 2 aromatic rings. The van der Waals surface area contributed by atoms with Crippen molar-refractivity contribution < 1.29 is 4.79 Å². The molecule has 0 radical (unpaired) electrons. The van der Waals surface area contributed by atoms with Gasteiger partial charge in [-0.05, 0) is 30.9 Å². The van der Waals surface area contributed by atoms with Gasteiger partial charge in [0.25, 0.3) is 5.56 Å². The van der Waals surface area contributed by atoms with E-state index in [0.29, 0.717) is 0 Å². The molecule has 0 aromatic carbocycles. The number of aromatic amines is 2. The highest BCUT2D eigenvalue weighted by molar-refractivity contribution is 5.75. The van der Waals surface area contributed by atoms with Gasteiger partial charge >= 0.3 is 0 Å². The van der Waals surface area contributed by atoms with Crippen LogP contribution in [0.3, 0.4) is 0 Å². The quantitative estimate of drug-likeness (QED) is 0.780. The zero-order valence-corrected chi connectivity index (χ0v) is 9.98. The lowest BCUT2D eigenvalue weighted by atomic mass is 9.90. The summed E-state index contributed by atoms with van der Waals surface area (Å²) in [5.74, 6) is 0.248. The van der Waals surface area contributed by atoms with Crippen molar-refractivity contribution in [2.24, 2.45) is 0 Å². The van der Waals surface area contributed by atoms with Crippen molar-refractivity contribution in [1.29, 1.82) is 0 Å². The average molecular weight is 245 g/mol. The van der Waals surface area contributed by atoms with Crippen LogP contribution in [0.2, 0.25) is 0 Å². The van der Waals surface area contributed by atoms with Gasteiger partial charge in [0.05, 0.1) is 11.0 Å². The topological polar surface area (TPSA) is 69.0 Å². The Labute approximate surface area is 104 Å². The monoisotopic (exact) mass is 245 g/mol. The predicted molar refractivity (Wildman–Crippen MR) is 68.5 cm³/mol. The molecule has 0 aliphatic carbocycles. The second-order valence-corrected chi connectivity index (χ2v) is 4.77. The maximum absolute atomic E-state index is 12.0. The van der Waals surface area contributed by atoms with Gasteiger partial charge in [-0.1, -0.05) is 0 Å². The number of amides is 1. The van der Waals surface area contributed by atoms with E-state index < -0.39 is 0 Å². The van der Waals surface area contributed by atoms with E-state index in [1.54, 1.807) is 4.90 Å². The fourth-order valence-corrected chi connectivity index (χ4v) is 2.65. The lowest BCUT2D eigenvalue weighted by Gasteiger charge is -2.28. The number of pyridine rings is 1. The van der Waals surface area contributed by atoms with Crippen LogP contribution in [0.1, 0.15) is 24.3 Å². The number of nitrogens with one attached hydrogen (secondary N) is 2. The maximum Gasteiger partial charge on any atom is 0.252 e. The highest BCUT2D eigenvalue weighted by Gasteiger charge is 2.22. The minimum absolute atomic E-state index is 0.00773. The summed E-state index contributed by atoms with van der Waals surface area (Å²) < 4.78 is 0. The molecule has 3 heterocycles. The average Bonchev–Trinajstić information content (AvgIpc) is 2.85. The normalized spacial score (nSPS) is 17.2. The second-order valence-electron chi connectivity index (χ2n) is 4.77. The van der Waals surface area contributed by atoms with Gasteiger partial charge < -0.3 is 14.9 Å². The van der Waals surface area contributed by atoms with Crippen molar-refractivity contribution in [2.45, 2.75) is 18.8 Å². The molecule has 1 aliphatic rings. The minimum Gasteiger partial charge on any atom is -0.360 e. The van der Waals surface area contributed by atoms with E-state index in [-0.39, 0.29) is 11.5 Å². The molecule has 0 unspecified atom stereocenters. The molecule has 5 heteroatoms. The summed E-state index contributed by atoms with van der Waals surface area (Å²) in [5, 5.41) is 0. The third kappa shape index (κ3) is 1.81. The van der Waals surface area contributed by atoms with E-state index in [9.17, 15) is 9.59 Å². The highest BCUT2D eigenvalue weighted by Crippen LogP contribution is 2.26. The van der Waals surface area contributed by atoms with Gasteiger partial charge in [-0.2, -0.15) is 0 Å². The van der Waals surface area contributed by atoms with E-state index in [0.717, 1.165) is 48.9 Å². The molecular weight excluding hydrogens is 230 g/mol. The predicted octanol–water partition coefficient (Wildman–Crippen LogP) is 1.19. The standard InChI is InChI=1S/C13H15N3O2/c17-8-16-5-2-9(3-6-16)10-7-12-11(1-4-14-12)15-13(10)18/h1,4,7-9,14H,2-3,5-6H2,(H,15,18).